The van der Waals surface area contributed by atoms with E-state index >= 15 is 0 Å². The molecule has 2 saturated heterocycles. The molecule has 226 valence electrons. The van der Waals surface area contributed by atoms with Crippen molar-refractivity contribution in [1.82, 2.24) is 10.6 Å². The molecule has 4 spiro atoms. The fourth-order valence-corrected chi connectivity index (χ4v) is 10.6. The van der Waals surface area contributed by atoms with E-state index in [0.29, 0.717) is 34.2 Å². The first-order chi connectivity index (χ1) is 19.6. The van der Waals surface area contributed by atoms with E-state index < -0.39 is 0 Å². The third kappa shape index (κ3) is 7.24. The summed E-state index contributed by atoms with van der Waals surface area (Å²) in [6.45, 7) is 0. The molecule has 0 aromatic carbocycles. The molecule has 0 unspecified atom stereocenters. The van der Waals surface area contributed by atoms with E-state index in [1.165, 1.54) is 167 Å². The molecule has 6 rings (SSSR count). The molecule has 4 aliphatic carbocycles. The molecule has 0 amide bonds. The Morgan fingerprint density at radius 3 is 0.975 bits per heavy atom. The van der Waals surface area contributed by atoms with Gasteiger partial charge in [0.2, 0.25) is 0 Å². The SMILES string of the molecule is C(CCCCC=NC1CC2(CCCCC2)NC2(CCCCC2)C1)=NC1CC2(CCCCC2)NC2(CCCCC2)C1. The van der Waals surface area contributed by atoms with Crippen LogP contribution in [0.4, 0.5) is 0 Å². The predicted molar refractivity (Wildman–Crippen MR) is 171 cm³/mol. The smallest absolute Gasteiger partial charge is 0.0530 e. The third-order valence-electron chi connectivity index (χ3n) is 12.4. The standard InChI is InChI=1S/C36H62N4/c1(15-25-37-31-27-33(17-7-3-8-18-33)39-34(28-31)19-9-4-10-20-34)2-16-26-38-32-29-35(21-11-5-12-22-35)40-36(30-32)23-13-6-14-24-36/h25-26,31-32,39-40H,1-24,27-30H2. The van der Waals surface area contributed by atoms with Crippen molar-refractivity contribution < 1.29 is 0 Å². The van der Waals surface area contributed by atoms with Crippen LogP contribution in [0, 0.1) is 0 Å². The number of hydrogen-bond donors (Lipinski definition) is 2. The van der Waals surface area contributed by atoms with Crippen LogP contribution in [0.3, 0.4) is 0 Å². The van der Waals surface area contributed by atoms with Gasteiger partial charge >= 0.3 is 0 Å². The van der Waals surface area contributed by atoms with Crippen LogP contribution in [-0.2, 0) is 0 Å². The van der Waals surface area contributed by atoms with Crippen LogP contribution < -0.4 is 10.6 Å². The van der Waals surface area contributed by atoms with E-state index in [-0.39, 0.29) is 0 Å². The van der Waals surface area contributed by atoms with E-state index in [1.54, 1.807) is 0 Å². The van der Waals surface area contributed by atoms with E-state index in [0.717, 1.165) is 12.8 Å². The van der Waals surface area contributed by atoms with Crippen LogP contribution in [-0.4, -0.2) is 46.7 Å². The fraction of sp³-hybridized carbons (Fsp3) is 0.944. The number of unbranched alkanes of at least 4 members (excludes halogenated alkanes) is 3. The highest BCUT2D eigenvalue weighted by atomic mass is 15.1. The zero-order valence-corrected chi connectivity index (χ0v) is 26.0. The van der Waals surface area contributed by atoms with Gasteiger partial charge in [0, 0.05) is 22.2 Å². The van der Waals surface area contributed by atoms with Crippen LogP contribution in [0.25, 0.3) is 0 Å². The van der Waals surface area contributed by atoms with Crippen LogP contribution in [0.5, 0.6) is 0 Å². The largest absolute Gasteiger partial charge is 0.306 e. The lowest BCUT2D eigenvalue weighted by atomic mass is 9.66. The molecule has 0 aromatic rings. The van der Waals surface area contributed by atoms with Crippen LogP contribution in [0.1, 0.15) is 180 Å². The Morgan fingerprint density at radius 2 is 0.700 bits per heavy atom. The van der Waals surface area contributed by atoms with Gasteiger partial charge < -0.3 is 10.6 Å². The topological polar surface area (TPSA) is 48.8 Å². The van der Waals surface area contributed by atoms with Gasteiger partial charge in [-0.05, 0) is 115 Å². The van der Waals surface area contributed by atoms with E-state index in [4.69, 9.17) is 9.98 Å². The molecule has 0 radical (unpaired) electrons. The van der Waals surface area contributed by atoms with Crippen molar-refractivity contribution in [3.8, 4) is 0 Å². The lowest BCUT2D eigenvalue weighted by Gasteiger charge is -2.54. The van der Waals surface area contributed by atoms with Crippen LogP contribution in [0.2, 0.25) is 0 Å². The van der Waals surface area contributed by atoms with Crippen molar-refractivity contribution in [2.45, 2.75) is 214 Å². The summed E-state index contributed by atoms with van der Waals surface area (Å²) >= 11 is 0. The quantitative estimate of drug-likeness (QED) is 0.245. The number of rotatable bonds is 7. The highest BCUT2D eigenvalue weighted by Crippen LogP contribution is 2.46. The van der Waals surface area contributed by atoms with Crippen molar-refractivity contribution in [2.24, 2.45) is 9.98 Å². The van der Waals surface area contributed by atoms with Gasteiger partial charge in [-0.1, -0.05) is 77.0 Å². The van der Waals surface area contributed by atoms with Crippen molar-refractivity contribution in [2.75, 3.05) is 0 Å². The van der Waals surface area contributed by atoms with Gasteiger partial charge in [0.05, 0.1) is 12.1 Å². The highest BCUT2D eigenvalue weighted by molar-refractivity contribution is 5.59. The fourth-order valence-electron chi connectivity index (χ4n) is 10.6. The number of aliphatic imine (C=N–C) groups is 2. The Kier molecular flexibility index (Phi) is 9.73. The monoisotopic (exact) mass is 550 g/mol. The maximum Gasteiger partial charge on any atom is 0.0530 e. The van der Waals surface area contributed by atoms with E-state index in [9.17, 15) is 0 Å². The lowest BCUT2D eigenvalue weighted by molar-refractivity contribution is 0.0557. The Morgan fingerprint density at radius 1 is 0.425 bits per heavy atom. The maximum absolute atomic E-state index is 5.26. The Hall–Kier alpha value is -0.740. The summed E-state index contributed by atoms with van der Waals surface area (Å²) in [4.78, 5) is 10.5. The second-order valence-electron chi connectivity index (χ2n) is 15.7. The minimum absolute atomic E-state index is 0.396. The zero-order chi connectivity index (χ0) is 27.2. The molecule has 2 heterocycles. The summed E-state index contributed by atoms with van der Waals surface area (Å²) in [7, 11) is 0. The number of piperidine rings is 2. The summed E-state index contributed by atoms with van der Waals surface area (Å²) in [6.07, 6.45) is 42.8. The van der Waals surface area contributed by atoms with Crippen LogP contribution in [0.15, 0.2) is 9.98 Å². The van der Waals surface area contributed by atoms with Crippen LogP contribution >= 0.6 is 0 Å². The van der Waals surface area contributed by atoms with Crippen molar-refractivity contribution in [1.29, 1.82) is 0 Å². The van der Waals surface area contributed by atoms with Gasteiger partial charge in [-0.25, -0.2) is 0 Å². The molecule has 0 bridgehead atoms. The number of nitrogens with one attached hydrogen (secondary N) is 2. The van der Waals surface area contributed by atoms with Gasteiger partial charge in [0.15, 0.2) is 0 Å². The average Bonchev–Trinajstić information content (AvgIpc) is 2.95. The van der Waals surface area contributed by atoms with Crippen molar-refractivity contribution in [3.63, 3.8) is 0 Å². The number of nitrogens with zero attached hydrogens (tertiary/aromatic N) is 2. The molecule has 2 aliphatic heterocycles. The molecule has 4 nitrogen and oxygen atoms in total. The first-order valence-corrected chi connectivity index (χ1v) is 18.2. The first-order valence-electron chi connectivity index (χ1n) is 18.2. The summed E-state index contributed by atoms with van der Waals surface area (Å²) in [6, 6.07) is 1.11. The van der Waals surface area contributed by atoms with Crippen molar-refractivity contribution in [3.05, 3.63) is 0 Å². The molecule has 2 N–H and O–H groups in total. The molecule has 4 heteroatoms. The predicted octanol–water partition coefficient (Wildman–Crippen LogP) is 9.00. The second-order valence-corrected chi connectivity index (χ2v) is 15.7. The number of hydrogen-bond acceptors (Lipinski definition) is 4. The van der Waals surface area contributed by atoms with E-state index in [2.05, 4.69) is 23.1 Å². The van der Waals surface area contributed by atoms with Gasteiger partial charge in [-0.15, -0.1) is 0 Å². The maximum atomic E-state index is 5.26. The Bertz CT molecular complexity index is 715. The third-order valence-corrected chi connectivity index (χ3v) is 12.4. The molecule has 40 heavy (non-hydrogen) atoms. The Labute approximate surface area is 246 Å². The summed E-state index contributed by atoms with van der Waals surface area (Å²) < 4.78 is 0. The Balaban J connectivity index is 0.964. The average molecular weight is 551 g/mol. The molecule has 0 aromatic heterocycles. The molecule has 4 saturated carbocycles. The normalized spacial score (nSPS) is 33.4. The molecule has 6 fully saturated rings. The molecule has 0 atom stereocenters. The van der Waals surface area contributed by atoms with Crippen molar-refractivity contribution >= 4 is 12.4 Å². The summed E-state index contributed by atoms with van der Waals surface area (Å²) in [5.41, 5.74) is 1.58. The molecular weight excluding hydrogens is 488 g/mol. The highest BCUT2D eigenvalue weighted by Gasteiger charge is 2.49. The minimum Gasteiger partial charge on any atom is -0.306 e. The summed E-state index contributed by atoms with van der Waals surface area (Å²) in [5.74, 6) is 0. The summed E-state index contributed by atoms with van der Waals surface area (Å²) in [5, 5.41) is 8.62. The van der Waals surface area contributed by atoms with Gasteiger partial charge in [0.1, 0.15) is 0 Å². The lowest BCUT2D eigenvalue weighted by Crippen LogP contribution is -2.65. The molecular formula is C36H62N4. The minimum atomic E-state index is 0.396. The van der Waals surface area contributed by atoms with Gasteiger partial charge in [-0.2, -0.15) is 0 Å². The van der Waals surface area contributed by atoms with E-state index in [1.807, 2.05) is 0 Å². The van der Waals surface area contributed by atoms with Gasteiger partial charge in [0.25, 0.3) is 0 Å². The second kappa shape index (κ2) is 13.3. The zero-order valence-electron chi connectivity index (χ0n) is 26.0. The molecule has 6 aliphatic rings. The van der Waals surface area contributed by atoms with Gasteiger partial charge in [-0.3, -0.25) is 9.98 Å². The first kappa shape index (κ1) is 29.3.